The summed E-state index contributed by atoms with van der Waals surface area (Å²) in [5.74, 6) is 0.699. The number of anilines is 1. The van der Waals surface area contributed by atoms with Gasteiger partial charge in [0.2, 0.25) is 5.95 Å². The van der Waals surface area contributed by atoms with Gasteiger partial charge in [0.1, 0.15) is 0 Å². The molecule has 2 aromatic rings. The van der Waals surface area contributed by atoms with Gasteiger partial charge >= 0.3 is 0 Å². The summed E-state index contributed by atoms with van der Waals surface area (Å²) in [4.78, 5) is 4.49. The van der Waals surface area contributed by atoms with Gasteiger partial charge in [0.15, 0.2) is 5.65 Å². The molecule has 2 aromatic heterocycles. The first-order chi connectivity index (χ1) is 9.33. The zero-order valence-corrected chi connectivity index (χ0v) is 11.3. The monoisotopic (exact) mass is 260 g/mol. The van der Waals surface area contributed by atoms with Gasteiger partial charge in [-0.25, -0.2) is 4.52 Å². The minimum Gasteiger partial charge on any atom is -0.378 e. The van der Waals surface area contributed by atoms with Crippen molar-refractivity contribution in [3.8, 4) is 0 Å². The summed E-state index contributed by atoms with van der Waals surface area (Å²) in [6, 6.07) is 4.03. The Balaban J connectivity index is 1.57. The standard InChI is InChI=1S/C14H20N4O/c1-11-5-4-9-18-13(11)16-14(17-18)15-8-7-12-6-2-3-10-19-12/h4-5,9,12H,2-3,6-8,10H2,1H3,(H,15,17). The van der Waals surface area contributed by atoms with Crippen molar-refractivity contribution >= 4 is 11.6 Å². The molecule has 0 bridgehead atoms. The molecule has 0 saturated carbocycles. The number of hydrogen-bond acceptors (Lipinski definition) is 4. The molecule has 3 rings (SSSR count). The molecule has 0 spiro atoms. The maximum absolute atomic E-state index is 5.71. The van der Waals surface area contributed by atoms with Crippen LogP contribution in [0.3, 0.4) is 0 Å². The molecule has 1 aliphatic rings. The minimum atomic E-state index is 0.403. The molecule has 0 aliphatic carbocycles. The van der Waals surface area contributed by atoms with Gasteiger partial charge in [-0.2, -0.15) is 4.98 Å². The molecule has 5 nitrogen and oxygen atoms in total. The van der Waals surface area contributed by atoms with E-state index < -0.39 is 0 Å². The van der Waals surface area contributed by atoms with E-state index in [0.717, 1.165) is 30.8 Å². The van der Waals surface area contributed by atoms with Crippen molar-refractivity contribution < 1.29 is 4.74 Å². The molecule has 5 heteroatoms. The summed E-state index contributed by atoms with van der Waals surface area (Å²) in [6.07, 6.45) is 7.02. The average Bonchev–Trinajstić information content (AvgIpc) is 2.84. The number of fused-ring (bicyclic) bond motifs is 1. The summed E-state index contributed by atoms with van der Waals surface area (Å²) in [7, 11) is 0. The van der Waals surface area contributed by atoms with Gasteiger partial charge in [-0.15, -0.1) is 5.10 Å². The average molecular weight is 260 g/mol. The summed E-state index contributed by atoms with van der Waals surface area (Å²) >= 11 is 0. The Morgan fingerprint density at radius 3 is 3.21 bits per heavy atom. The highest BCUT2D eigenvalue weighted by atomic mass is 16.5. The maximum atomic E-state index is 5.71. The Labute approximate surface area is 113 Å². The lowest BCUT2D eigenvalue weighted by atomic mass is 10.1. The van der Waals surface area contributed by atoms with Gasteiger partial charge < -0.3 is 10.1 Å². The van der Waals surface area contributed by atoms with Crippen LogP contribution >= 0.6 is 0 Å². The Kier molecular flexibility index (Phi) is 3.64. The Bertz CT molecular complexity index is 545. The van der Waals surface area contributed by atoms with E-state index >= 15 is 0 Å². The minimum absolute atomic E-state index is 0.403. The van der Waals surface area contributed by atoms with Crippen molar-refractivity contribution in [1.82, 2.24) is 14.6 Å². The van der Waals surface area contributed by atoms with E-state index in [1.165, 1.54) is 19.3 Å². The van der Waals surface area contributed by atoms with E-state index in [2.05, 4.69) is 15.4 Å². The maximum Gasteiger partial charge on any atom is 0.243 e. The van der Waals surface area contributed by atoms with Crippen molar-refractivity contribution in [2.45, 2.75) is 38.7 Å². The zero-order chi connectivity index (χ0) is 13.1. The fourth-order valence-electron chi connectivity index (χ4n) is 2.49. The predicted octanol–water partition coefficient (Wildman–Crippen LogP) is 2.41. The lowest BCUT2D eigenvalue weighted by molar-refractivity contribution is 0.0134. The topological polar surface area (TPSA) is 51.5 Å². The fraction of sp³-hybridized carbons (Fsp3) is 0.571. The number of rotatable bonds is 4. The van der Waals surface area contributed by atoms with Gasteiger partial charge in [-0.1, -0.05) is 6.07 Å². The molecule has 1 fully saturated rings. The smallest absolute Gasteiger partial charge is 0.243 e. The third kappa shape index (κ3) is 2.87. The van der Waals surface area contributed by atoms with Crippen LogP contribution in [0.15, 0.2) is 18.3 Å². The van der Waals surface area contributed by atoms with Crippen LogP contribution in [0.4, 0.5) is 5.95 Å². The molecule has 1 aliphatic heterocycles. The van der Waals surface area contributed by atoms with Crippen LogP contribution < -0.4 is 5.32 Å². The fourth-order valence-corrected chi connectivity index (χ4v) is 2.49. The van der Waals surface area contributed by atoms with E-state index in [4.69, 9.17) is 4.74 Å². The first kappa shape index (κ1) is 12.4. The number of nitrogens with one attached hydrogen (secondary N) is 1. The second-order valence-corrected chi connectivity index (χ2v) is 5.10. The number of nitrogens with zero attached hydrogens (tertiary/aromatic N) is 3. The molecule has 1 unspecified atom stereocenters. The Morgan fingerprint density at radius 1 is 1.47 bits per heavy atom. The highest BCUT2D eigenvalue weighted by Gasteiger charge is 2.13. The van der Waals surface area contributed by atoms with Crippen molar-refractivity contribution in [2.24, 2.45) is 0 Å². The summed E-state index contributed by atoms with van der Waals surface area (Å²) in [5.41, 5.74) is 2.05. The second kappa shape index (κ2) is 5.57. The molecule has 19 heavy (non-hydrogen) atoms. The SMILES string of the molecule is Cc1cccn2nc(NCCC3CCCCO3)nc12. The van der Waals surface area contributed by atoms with Crippen molar-refractivity contribution in [3.63, 3.8) is 0 Å². The molecule has 1 atom stereocenters. The number of hydrogen-bond donors (Lipinski definition) is 1. The van der Waals surface area contributed by atoms with E-state index in [-0.39, 0.29) is 0 Å². The zero-order valence-electron chi connectivity index (χ0n) is 11.3. The molecule has 1 N–H and O–H groups in total. The van der Waals surface area contributed by atoms with Gasteiger partial charge in [0.25, 0.3) is 0 Å². The lowest BCUT2D eigenvalue weighted by Crippen LogP contribution is -2.22. The molecule has 0 amide bonds. The molecule has 1 saturated heterocycles. The normalized spacial score (nSPS) is 19.7. The van der Waals surface area contributed by atoms with Crippen LogP contribution in [0, 0.1) is 6.92 Å². The second-order valence-electron chi connectivity index (χ2n) is 5.10. The molecule has 0 aromatic carbocycles. The quantitative estimate of drug-likeness (QED) is 0.917. The van der Waals surface area contributed by atoms with Crippen molar-refractivity contribution in [2.75, 3.05) is 18.5 Å². The van der Waals surface area contributed by atoms with E-state index in [1.54, 1.807) is 0 Å². The van der Waals surface area contributed by atoms with Gasteiger partial charge in [0, 0.05) is 19.3 Å². The van der Waals surface area contributed by atoms with Crippen molar-refractivity contribution in [1.29, 1.82) is 0 Å². The first-order valence-corrected chi connectivity index (χ1v) is 7.00. The van der Waals surface area contributed by atoms with Gasteiger partial charge in [-0.05, 0) is 44.2 Å². The molecule has 102 valence electrons. The van der Waals surface area contributed by atoms with Crippen LogP contribution in [-0.2, 0) is 4.74 Å². The third-order valence-corrected chi connectivity index (χ3v) is 3.58. The highest BCUT2D eigenvalue weighted by Crippen LogP contribution is 2.16. The molecular formula is C14H20N4O. The van der Waals surface area contributed by atoms with E-state index in [0.29, 0.717) is 12.1 Å². The van der Waals surface area contributed by atoms with Crippen LogP contribution in [-0.4, -0.2) is 33.9 Å². The van der Waals surface area contributed by atoms with Gasteiger partial charge in [0.05, 0.1) is 6.10 Å². The van der Waals surface area contributed by atoms with E-state index in [1.807, 2.05) is 29.8 Å². The Morgan fingerprint density at radius 2 is 2.42 bits per heavy atom. The summed E-state index contributed by atoms with van der Waals surface area (Å²) in [5, 5.41) is 7.70. The number of aromatic nitrogens is 3. The first-order valence-electron chi connectivity index (χ1n) is 7.00. The van der Waals surface area contributed by atoms with Crippen LogP contribution in [0.2, 0.25) is 0 Å². The predicted molar refractivity (Wildman–Crippen MR) is 74.4 cm³/mol. The molecule has 0 radical (unpaired) electrons. The number of pyridine rings is 1. The lowest BCUT2D eigenvalue weighted by Gasteiger charge is -2.22. The van der Waals surface area contributed by atoms with Crippen LogP contribution in [0.25, 0.3) is 5.65 Å². The van der Waals surface area contributed by atoms with Crippen LogP contribution in [0.1, 0.15) is 31.2 Å². The molecular weight excluding hydrogens is 240 g/mol. The van der Waals surface area contributed by atoms with Crippen molar-refractivity contribution in [3.05, 3.63) is 23.9 Å². The summed E-state index contributed by atoms with van der Waals surface area (Å²) in [6.45, 7) is 3.82. The van der Waals surface area contributed by atoms with Crippen LogP contribution in [0.5, 0.6) is 0 Å². The summed E-state index contributed by atoms with van der Waals surface area (Å²) < 4.78 is 7.52. The highest BCUT2D eigenvalue weighted by molar-refractivity contribution is 5.49. The third-order valence-electron chi connectivity index (χ3n) is 3.58. The largest absolute Gasteiger partial charge is 0.378 e. The number of ether oxygens (including phenoxy) is 1. The Hall–Kier alpha value is -1.62. The van der Waals surface area contributed by atoms with E-state index in [9.17, 15) is 0 Å². The number of aryl methyl sites for hydroxylation is 1. The van der Waals surface area contributed by atoms with Gasteiger partial charge in [-0.3, -0.25) is 0 Å². The molecule has 3 heterocycles.